The van der Waals surface area contributed by atoms with Crippen LogP contribution in [0.2, 0.25) is 0 Å². The molecule has 0 aromatic rings. The average Bonchev–Trinajstić information content (AvgIpc) is 2.70. The topological polar surface area (TPSA) is 38.3 Å². The highest BCUT2D eigenvalue weighted by Gasteiger charge is 2.60. The third-order valence-corrected chi connectivity index (χ3v) is 4.28. The summed E-state index contributed by atoms with van der Waals surface area (Å²) >= 11 is 11.3. The molecular weight excluding hydrogens is 273 g/mol. The molecule has 0 radical (unpaired) electrons. The Kier molecular flexibility index (Phi) is 4.25. The molecule has 2 rings (SSSR count). The first kappa shape index (κ1) is 14.2. The van der Waals surface area contributed by atoms with Gasteiger partial charge in [-0.15, -0.1) is 0 Å². The van der Waals surface area contributed by atoms with Gasteiger partial charge in [-0.1, -0.05) is 37.0 Å². The molecule has 5 heteroatoms. The molecule has 3 atom stereocenters. The van der Waals surface area contributed by atoms with Crippen LogP contribution in [0.1, 0.15) is 26.7 Å². The fraction of sp³-hybridized carbons (Fsp3) is 0.769. The van der Waals surface area contributed by atoms with E-state index in [0.717, 1.165) is 19.4 Å². The minimum Gasteiger partial charge on any atom is -0.376 e. The molecule has 2 aliphatic rings. The summed E-state index contributed by atoms with van der Waals surface area (Å²) in [5.74, 6) is 0.171. The zero-order chi connectivity index (χ0) is 13.3. The van der Waals surface area contributed by atoms with Gasteiger partial charge in [-0.05, 0) is 30.3 Å². The largest absolute Gasteiger partial charge is 0.376 e. The second-order valence-corrected chi connectivity index (χ2v) is 6.67. The van der Waals surface area contributed by atoms with Crippen LogP contribution in [0.4, 0.5) is 0 Å². The van der Waals surface area contributed by atoms with Crippen LogP contribution in [-0.2, 0) is 9.53 Å². The van der Waals surface area contributed by atoms with Gasteiger partial charge in [0.1, 0.15) is 4.49 Å². The molecule has 18 heavy (non-hydrogen) atoms. The van der Waals surface area contributed by atoms with E-state index in [1.807, 2.05) is 0 Å². The minimum absolute atomic E-state index is 0.0357. The van der Waals surface area contributed by atoms with Gasteiger partial charge < -0.3 is 10.1 Å². The SMILES string of the molecule is CC1(C)[C@H](C=C(Cl)Cl)[C@H]1C(=O)NC[C@H]1CCCO1. The van der Waals surface area contributed by atoms with Gasteiger partial charge in [-0.3, -0.25) is 4.79 Å². The lowest BCUT2D eigenvalue weighted by atomic mass is 10.1. The number of ether oxygens (including phenoxy) is 1. The lowest BCUT2D eigenvalue weighted by molar-refractivity contribution is -0.123. The number of carbonyl (C=O) groups excluding carboxylic acids is 1. The van der Waals surface area contributed by atoms with Gasteiger partial charge >= 0.3 is 0 Å². The summed E-state index contributed by atoms with van der Waals surface area (Å²) in [4.78, 5) is 12.1. The van der Waals surface area contributed by atoms with Crippen molar-refractivity contribution in [2.75, 3.05) is 13.2 Å². The van der Waals surface area contributed by atoms with Gasteiger partial charge in [0.15, 0.2) is 0 Å². The van der Waals surface area contributed by atoms with Crippen molar-refractivity contribution in [2.24, 2.45) is 17.3 Å². The van der Waals surface area contributed by atoms with Crippen molar-refractivity contribution >= 4 is 29.1 Å². The van der Waals surface area contributed by atoms with E-state index in [2.05, 4.69) is 19.2 Å². The highest BCUT2D eigenvalue weighted by molar-refractivity contribution is 6.55. The monoisotopic (exact) mass is 291 g/mol. The summed E-state index contributed by atoms with van der Waals surface area (Å²) in [5.41, 5.74) is -0.0599. The summed E-state index contributed by atoms with van der Waals surface area (Å²) in [6.45, 7) is 5.53. The first-order chi connectivity index (χ1) is 8.43. The van der Waals surface area contributed by atoms with E-state index in [1.54, 1.807) is 6.08 Å². The maximum atomic E-state index is 12.1. The van der Waals surface area contributed by atoms with Crippen LogP contribution in [-0.4, -0.2) is 25.2 Å². The maximum Gasteiger partial charge on any atom is 0.224 e. The number of halogens is 2. The number of hydrogen-bond acceptors (Lipinski definition) is 2. The molecule has 1 saturated heterocycles. The number of allylic oxidation sites excluding steroid dienone is 1. The Labute approximate surface area is 118 Å². The molecule has 2 fully saturated rings. The fourth-order valence-corrected chi connectivity index (χ4v) is 3.03. The number of rotatable bonds is 4. The molecule has 1 N–H and O–H groups in total. The Morgan fingerprint density at radius 3 is 2.78 bits per heavy atom. The normalized spacial score (nSPS) is 33.0. The molecule has 0 aromatic heterocycles. The molecule has 1 heterocycles. The number of nitrogens with one attached hydrogen (secondary N) is 1. The van der Waals surface area contributed by atoms with E-state index >= 15 is 0 Å². The molecule has 1 amide bonds. The van der Waals surface area contributed by atoms with Crippen LogP contribution in [0.5, 0.6) is 0 Å². The van der Waals surface area contributed by atoms with Crippen molar-refractivity contribution in [1.82, 2.24) is 5.32 Å². The van der Waals surface area contributed by atoms with Gasteiger partial charge in [0.25, 0.3) is 0 Å². The maximum absolute atomic E-state index is 12.1. The van der Waals surface area contributed by atoms with Crippen molar-refractivity contribution in [2.45, 2.75) is 32.8 Å². The number of amides is 1. The Morgan fingerprint density at radius 1 is 1.50 bits per heavy atom. The molecule has 0 aromatic carbocycles. The van der Waals surface area contributed by atoms with Crippen molar-refractivity contribution in [3.63, 3.8) is 0 Å². The summed E-state index contributed by atoms with van der Waals surface area (Å²) < 4.78 is 5.72. The Balaban J connectivity index is 1.84. The molecule has 1 aliphatic heterocycles. The summed E-state index contributed by atoms with van der Waals surface area (Å²) in [5, 5.41) is 2.97. The second-order valence-electron chi connectivity index (χ2n) is 5.66. The summed E-state index contributed by atoms with van der Waals surface area (Å²) in [7, 11) is 0. The Morgan fingerprint density at radius 2 is 2.22 bits per heavy atom. The van der Waals surface area contributed by atoms with Gasteiger partial charge in [-0.2, -0.15) is 0 Å². The van der Waals surface area contributed by atoms with Crippen LogP contribution in [0.25, 0.3) is 0 Å². The third kappa shape index (κ3) is 3.01. The predicted octanol–water partition coefficient (Wildman–Crippen LogP) is 2.87. The van der Waals surface area contributed by atoms with Crippen LogP contribution >= 0.6 is 23.2 Å². The van der Waals surface area contributed by atoms with Gasteiger partial charge in [-0.25, -0.2) is 0 Å². The lowest BCUT2D eigenvalue weighted by Crippen LogP contribution is -2.33. The molecule has 1 aliphatic carbocycles. The van der Waals surface area contributed by atoms with Crippen LogP contribution < -0.4 is 5.32 Å². The van der Waals surface area contributed by atoms with E-state index in [1.165, 1.54) is 0 Å². The Bertz CT molecular complexity index is 358. The molecule has 102 valence electrons. The molecular formula is C13H19Cl2NO2. The highest BCUT2D eigenvalue weighted by Crippen LogP contribution is 2.59. The number of carbonyl (C=O) groups is 1. The standard InChI is InChI=1S/C13H19Cl2NO2/c1-13(2)9(6-10(14)15)11(13)12(17)16-7-8-4-3-5-18-8/h6,8-9,11H,3-5,7H2,1-2H3,(H,16,17)/t8-,9-,11+/m1/s1. The minimum atomic E-state index is -0.0599. The molecule has 0 spiro atoms. The summed E-state index contributed by atoms with van der Waals surface area (Å²) in [6, 6.07) is 0. The van der Waals surface area contributed by atoms with E-state index in [9.17, 15) is 4.79 Å². The van der Waals surface area contributed by atoms with Gasteiger partial charge in [0, 0.05) is 13.2 Å². The second kappa shape index (κ2) is 5.40. The predicted molar refractivity (Wildman–Crippen MR) is 72.5 cm³/mol. The van der Waals surface area contributed by atoms with Crippen molar-refractivity contribution in [1.29, 1.82) is 0 Å². The highest BCUT2D eigenvalue weighted by atomic mass is 35.5. The van der Waals surface area contributed by atoms with Crippen LogP contribution in [0, 0.1) is 17.3 Å². The summed E-state index contributed by atoms with van der Waals surface area (Å²) in [6.07, 6.45) is 4.06. The van der Waals surface area contributed by atoms with E-state index in [0.29, 0.717) is 6.54 Å². The van der Waals surface area contributed by atoms with E-state index in [4.69, 9.17) is 27.9 Å². The molecule has 1 saturated carbocycles. The van der Waals surface area contributed by atoms with E-state index < -0.39 is 0 Å². The molecule has 0 unspecified atom stereocenters. The zero-order valence-electron chi connectivity index (χ0n) is 10.7. The smallest absolute Gasteiger partial charge is 0.224 e. The fourth-order valence-electron chi connectivity index (χ4n) is 2.75. The molecule has 0 bridgehead atoms. The first-order valence-corrected chi connectivity index (χ1v) is 7.10. The van der Waals surface area contributed by atoms with E-state index in [-0.39, 0.29) is 33.8 Å². The van der Waals surface area contributed by atoms with Crippen molar-refractivity contribution < 1.29 is 9.53 Å². The van der Waals surface area contributed by atoms with Crippen molar-refractivity contribution in [3.05, 3.63) is 10.6 Å². The van der Waals surface area contributed by atoms with Crippen molar-refractivity contribution in [3.8, 4) is 0 Å². The first-order valence-electron chi connectivity index (χ1n) is 6.35. The van der Waals surface area contributed by atoms with Crippen LogP contribution in [0.3, 0.4) is 0 Å². The lowest BCUT2D eigenvalue weighted by Gasteiger charge is -2.11. The van der Waals surface area contributed by atoms with Crippen LogP contribution in [0.15, 0.2) is 10.6 Å². The quantitative estimate of drug-likeness (QED) is 0.865. The molecule has 3 nitrogen and oxygen atoms in total. The van der Waals surface area contributed by atoms with Gasteiger partial charge in [0.05, 0.1) is 12.0 Å². The Hall–Kier alpha value is -0.250. The third-order valence-electron chi connectivity index (χ3n) is 4.03. The zero-order valence-corrected chi connectivity index (χ0v) is 12.2. The average molecular weight is 292 g/mol. The number of hydrogen-bond donors (Lipinski definition) is 1. The van der Waals surface area contributed by atoms with Gasteiger partial charge in [0.2, 0.25) is 5.91 Å².